The second-order valence-corrected chi connectivity index (χ2v) is 9.71. The van der Waals surface area contributed by atoms with Crippen LogP contribution in [0.1, 0.15) is 105 Å². The van der Waals surface area contributed by atoms with E-state index < -0.39 is 0 Å². The predicted molar refractivity (Wildman–Crippen MR) is 152 cm³/mol. The Morgan fingerprint density at radius 1 is 0.972 bits per heavy atom. The SMILES string of the molecule is CC(=O)Cc1ccc(F)cc1.CCCC(CC)C1=CCC(NC(=O)C(C)C)=CC=C1.CCCCCC. The Kier molecular flexibility index (Phi) is 19.2. The van der Waals surface area contributed by atoms with Gasteiger partial charge >= 0.3 is 0 Å². The number of nitrogens with one attached hydrogen (secondary N) is 1. The summed E-state index contributed by atoms with van der Waals surface area (Å²) in [4.78, 5) is 22.3. The van der Waals surface area contributed by atoms with E-state index in [2.05, 4.69) is 51.2 Å². The van der Waals surface area contributed by atoms with E-state index in [-0.39, 0.29) is 23.4 Å². The van der Waals surface area contributed by atoms with E-state index in [0.29, 0.717) is 12.3 Å². The van der Waals surface area contributed by atoms with Crippen molar-refractivity contribution in [1.82, 2.24) is 5.32 Å². The number of amides is 1. The summed E-state index contributed by atoms with van der Waals surface area (Å²) in [5.41, 5.74) is 3.27. The molecule has 0 aliphatic heterocycles. The van der Waals surface area contributed by atoms with Crippen LogP contribution in [0.15, 0.2) is 59.8 Å². The maximum atomic E-state index is 12.3. The molecule has 0 saturated heterocycles. The van der Waals surface area contributed by atoms with Gasteiger partial charge in [-0.25, -0.2) is 4.39 Å². The molecule has 0 saturated carbocycles. The fourth-order valence-corrected chi connectivity index (χ4v) is 3.68. The summed E-state index contributed by atoms with van der Waals surface area (Å²) >= 11 is 0. The monoisotopic (exact) mass is 499 g/mol. The van der Waals surface area contributed by atoms with Crippen molar-refractivity contribution in [2.75, 3.05) is 0 Å². The zero-order valence-corrected chi connectivity index (χ0v) is 23.8. The molecule has 1 aliphatic carbocycles. The number of halogens is 1. The standard InChI is InChI=1S/C17H27NO.C9H9FO.C6H14/c1-5-8-14(6-2)15-9-7-10-16(12-11-15)18-17(19)13(3)4;1-7(11)6-8-2-4-9(10)5-3-8;1-3-5-6-4-2/h7,9-11,13-14H,5-6,8,12H2,1-4H3,(H,18,19);2-5H,6H2,1H3;3-6H2,1-2H3. The summed E-state index contributed by atoms with van der Waals surface area (Å²) in [5, 5.41) is 2.99. The Morgan fingerprint density at radius 3 is 2.06 bits per heavy atom. The van der Waals surface area contributed by atoms with Gasteiger partial charge in [-0.05, 0) is 55.0 Å². The van der Waals surface area contributed by atoms with Crippen LogP contribution >= 0.6 is 0 Å². The molecule has 0 aromatic heterocycles. The van der Waals surface area contributed by atoms with Gasteiger partial charge in [-0.15, -0.1) is 0 Å². The molecule has 0 heterocycles. The van der Waals surface area contributed by atoms with Crippen LogP contribution in [-0.2, 0) is 16.0 Å². The van der Waals surface area contributed by atoms with Crippen LogP contribution < -0.4 is 5.32 Å². The molecule has 4 heteroatoms. The minimum atomic E-state index is -0.266. The fraction of sp³-hybridized carbons (Fsp3) is 0.562. The molecule has 2 rings (SSSR count). The third-order valence-electron chi connectivity index (χ3n) is 5.88. The van der Waals surface area contributed by atoms with Crippen molar-refractivity contribution in [1.29, 1.82) is 0 Å². The van der Waals surface area contributed by atoms with Gasteiger partial charge in [0.1, 0.15) is 11.6 Å². The van der Waals surface area contributed by atoms with Crippen molar-refractivity contribution in [2.45, 2.75) is 106 Å². The van der Waals surface area contributed by atoms with E-state index in [1.165, 1.54) is 69.6 Å². The highest BCUT2D eigenvalue weighted by Gasteiger charge is 2.12. The minimum Gasteiger partial charge on any atom is -0.329 e. The van der Waals surface area contributed by atoms with Gasteiger partial charge in [0, 0.05) is 24.5 Å². The van der Waals surface area contributed by atoms with E-state index in [1.807, 2.05) is 19.9 Å². The molecule has 0 bridgehead atoms. The molecule has 1 N–H and O–H groups in total. The summed E-state index contributed by atoms with van der Waals surface area (Å²) in [6.45, 7) is 14.3. The van der Waals surface area contributed by atoms with E-state index >= 15 is 0 Å². The van der Waals surface area contributed by atoms with Crippen LogP contribution in [0.25, 0.3) is 0 Å². The Balaban J connectivity index is 0.000000604. The average molecular weight is 500 g/mol. The molecule has 3 nitrogen and oxygen atoms in total. The molecule has 1 aliphatic rings. The van der Waals surface area contributed by atoms with Crippen molar-refractivity contribution < 1.29 is 14.0 Å². The first-order chi connectivity index (χ1) is 17.2. The maximum absolute atomic E-state index is 12.3. The second kappa shape index (κ2) is 20.7. The molecule has 1 aromatic rings. The summed E-state index contributed by atoms with van der Waals surface area (Å²) in [6, 6.07) is 5.96. The van der Waals surface area contributed by atoms with Crippen molar-refractivity contribution in [2.24, 2.45) is 11.8 Å². The van der Waals surface area contributed by atoms with Crippen molar-refractivity contribution >= 4 is 11.7 Å². The molecule has 1 unspecified atom stereocenters. The largest absolute Gasteiger partial charge is 0.329 e. The maximum Gasteiger partial charge on any atom is 0.226 e. The number of hydrogen-bond acceptors (Lipinski definition) is 2. The lowest BCUT2D eigenvalue weighted by Crippen LogP contribution is -2.26. The molecule has 0 fully saturated rings. The van der Waals surface area contributed by atoms with Crippen molar-refractivity contribution in [3.05, 3.63) is 71.2 Å². The third kappa shape index (κ3) is 16.2. The highest BCUT2D eigenvalue weighted by atomic mass is 19.1. The van der Waals surface area contributed by atoms with E-state index in [4.69, 9.17) is 0 Å². The van der Waals surface area contributed by atoms with Crippen LogP contribution in [0.2, 0.25) is 0 Å². The zero-order chi connectivity index (χ0) is 27.3. The third-order valence-corrected chi connectivity index (χ3v) is 5.88. The van der Waals surface area contributed by atoms with Gasteiger partial charge in [-0.1, -0.05) is 104 Å². The van der Waals surface area contributed by atoms with Gasteiger partial charge in [-0.3, -0.25) is 9.59 Å². The number of carbonyl (C=O) groups excluding carboxylic acids is 2. The Morgan fingerprint density at radius 2 is 1.58 bits per heavy atom. The molecule has 0 radical (unpaired) electrons. The van der Waals surface area contributed by atoms with Crippen molar-refractivity contribution in [3.63, 3.8) is 0 Å². The average Bonchev–Trinajstić information content (AvgIpc) is 3.08. The first kappa shape index (κ1) is 33.5. The molecule has 202 valence electrons. The Hall–Kier alpha value is -2.49. The first-order valence-electron chi connectivity index (χ1n) is 13.8. The summed E-state index contributed by atoms with van der Waals surface area (Å²) in [5.74, 6) is 0.598. The van der Waals surface area contributed by atoms with Crippen LogP contribution in [-0.4, -0.2) is 11.7 Å². The van der Waals surface area contributed by atoms with Crippen LogP contribution in [0.4, 0.5) is 4.39 Å². The zero-order valence-electron chi connectivity index (χ0n) is 23.8. The number of allylic oxidation sites excluding steroid dienone is 5. The lowest BCUT2D eigenvalue weighted by atomic mass is 9.91. The van der Waals surface area contributed by atoms with Gasteiger partial charge in [0.15, 0.2) is 0 Å². The van der Waals surface area contributed by atoms with Crippen LogP contribution in [0.5, 0.6) is 0 Å². The molecular formula is C32H50FNO2. The highest BCUT2D eigenvalue weighted by Crippen LogP contribution is 2.24. The molecule has 1 amide bonds. The van der Waals surface area contributed by atoms with Gasteiger partial charge < -0.3 is 5.32 Å². The number of ketones is 1. The number of Topliss-reactive ketones (excluding diaryl/α,β-unsaturated/α-hetero) is 1. The van der Waals surface area contributed by atoms with Crippen molar-refractivity contribution in [3.8, 4) is 0 Å². The molecular weight excluding hydrogens is 449 g/mol. The smallest absolute Gasteiger partial charge is 0.226 e. The molecule has 1 atom stereocenters. The van der Waals surface area contributed by atoms with E-state index in [9.17, 15) is 14.0 Å². The lowest BCUT2D eigenvalue weighted by Gasteiger charge is -2.15. The number of benzene rings is 1. The van der Waals surface area contributed by atoms with Gasteiger partial charge in [0.05, 0.1) is 0 Å². The number of hydrogen-bond donors (Lipinski definition) is 1. The molecule has 1 aromatic carbocycles. The Bertz CT molecular complexity index is 830. The van der Waals surface area contributed by atoms with Crippen LogP contribution in [0.3, 0.4) is 0 Å². The second-order valence-electron chi connectivity index (χ2n) is 9.71. The number of carbonyl (C=O) groups is 2. The normalized spacial score (nSPS) is 13.2. The fourth-order valence-electron chi connectivity index (χ4n) is 3.68. The van der Waals surface area contributed by atoms with Gasteiger partial charge in [0.25, 0.3) is 0 Å². The lowest BCUT2D eigenvalue weighted by molar-refractivity contribution is -0.123. The topological polar surface area (TPSA) is 46.2 Å². The van der Waals surface area contributed by atoms with Crippen LogP contribution in [0, 0.1) is 17.7 Å². The molecule has 36 heavy (non-hydrogen) atoms. The summed E-state index contributed by atoms with van der Waals surface area (Å²) < 4.78 is 12.3. The Labute approximate surface area is 220 Å². The molecule has 0 spiro atoms. The predicted octanol–water partition coefficient (Wildman–Crippen LogP) is 8.90. The van der Waals surface area contributed by atoms with Gasteiger partial charge in [0.2, 0.25) is 5.91 Å². The van der Waals surface area contributed by atoms with E-state index in [1.54, 1.807) is 12.1 Å². The quantitative estimate of drug-likeness (QED) is 0.309. The van der Waals surface area contributed by atoms with Gasteiger partial charge in [-0.2, -0.15) is 0 Å². The minimum absolute atomic E-state index is 0.0278. The summed E-state index contributed by atoms with van der Waals surface area (Å²) in [7, 11) is 0. The van der Waals surface area contributed by atoms with E-state index in [0.717, 1.165) is 17.7 Å². The summed E-state index contributed by atoms with van der Waals surface area (Å²) in [6.07, 6.45) is 18.9. The highest BCUT2D eigenvalue weighted by molar-refractivity contribution is 5.79. The number of rotatable bonds is 11. The first-order valence-corrected chi connectivity index (χ1v) is 13.8. The number of unbranched alkanes of at least 4 members (excludes halogenated alkanes) is 3.